The lowest BCUT2D eigenvalue weighted by atomic mass is 9.55. The number of unbranched alkanes of at least 4 members (excludes halogenated alkanes) is 2. The Morgan fingerprint density at radius 3 is 1.88 bits per heavy atom. The van der Waals surface area contributed by atoms with Crippen molar-refractivity contribution in [1.82, 2.24) is 4.90 Å². The number of rotatable bonds is 9. The predicted molar refractivity (Wildman–Crippen MR) is 154 cm³/mol. The molecule has 2 atom stereocenters. The molecule has 7 rings (SSSR count). The van der Waals surface area contributed by atoms with Crippen LogP contribution in [0.1, 0.15) is 70.9 Å². The van der Waals surface area contributed by atoms with Gasteiger partial charge in [-0.3, -0.25) is 24.1 Å². The minimum Gasteiger partial charge on any atom is -0.456 e. The lowest BCUT2D eigenvalue weighted by Crippen LogP contribution is -2.41. The Labute approximate surface area is 239 Å². The Bertz CT molecular complexity index is 1430. The maximum absolute atomic E-state index is 13.6. The van der Waals surface area contributed by atoms with Crippen LogP contribution >= 0.6 is 0 Å². The summed E-state index contributed by atoms with van der Waals surface area (Å²) < 4.78 is 5.14. The van der Waals surface area contributed by atoms with Crippen LogP contribution in [0.3, 0.4) is 0 Å². The number of nitrogens with one attached hydrogen (secondary N) is 1. The number of hydrogen-bond donors (Lipinski definition) is 1. The summed E-state index contributed by atoms with van der Waals surface area (Å²) in [6.45, 7) is 3.91. The van der Waals surface area contributed by atoms with Crippen molar-refractivity contribution in [1.29, 1.82) is 0 Å². The average Bonchev–Trinajstić information content (AvgIpc) is 3.23. The molecule has 41 heavy (non-hydrogen) atoms. The van der Waals surface area contributed by atoms with Gasteiger partial charge < -0.3 is 10.1 Å². The van der Waals surface area contributed by atoms with Crippen molar-refractivity contribution >= 4 is 29.4 Å². The van der Waals surface area contributed by atoms with Crippen LogP contribution in [-0.4, -0.2) is 41.7 Å². The molecule has 3 aromatic rings. The van der Waals surface area contributed by atoms with E-state index < -0.39 is 5.97 Å². The van der Waals surface area contributed by atoms with Gasteiger partial charge in [0.15, 0.2) is 6.61 Å². The van der Waals surface area contributed by atoms with Gasteiger partial charge >= 0.3 is 5.97 Å². The number of benzene rings is 3. The molecule has 3 aliphatic carbocycles. The SMILES string of the molecule is Cc1ccc(NC(=O)COC(=O)CCCCCN2C(=O)[C@@H]3C4c5ccccc5C(c5ccccc54)[C@H]3C2=O)c(C)c1. The maximum Gasteiger partial charge on any atom is 0.306 e. The number of imide groups is 1. The summed E-state index contributed by atoms with van der Waals surface area (Å²) in [6.07, 6.45) is 2.03. The van der Waals surface area contributed by atoms with Crippen LogP contribution in [0.25, 0.3) is 0 Å². The number of carbonyl (C=O) groups is 4. The molecular weight excluding hydrogens is 516 g/mol. The van der Waals surface area contributed by atoms with Crippen molar-refractivity contribution in [3.8, 4) is 0 Å². The highest BCUT2D eigenvalue weighted by molar-refractivity contribution is 6.07. The molecule has 7 heteroatoms. The number of carbonyl (C=O) groups excluding carboxylic acids is 4. The molecule has 1 fully saturated rings. The van der Waals surface area contributed by atoms with Gasteiger partial charge in [-0.05, 0) is 60.6 Å². The molecule has 3 amide bonds. The fourth-order valence-corrected chi connectivity index (χ4v) is 7.03. The molecule has 210 valence electrons. The molecule has 2 bridgehead atoms. The van der Waals surface area contributed by atoms with E-state index in [-0.39, 0.29) is 54.4 Å². The van der Waals surface area contributed by atoms with Crippen molar-refractivity contribution < 1.29 is 23.9 Å². The van der Waals surface area contributed by atoms with E-state index in [1.54, 1.807) is 0 Å². The van der Waals surface area contributed by atoms with Gasteiger partial charge in [0, 0.05) is 30.5 Å². The maximum atomic E-state index is 13.6. The molecule has 1 N–H and O–H groups in total. The zero-order valence-electron chi connectivity index (χ0n) is 23.4. The van der Waals surface area contributed by atoms with Gasteiger partial charge in [0.2, 0.25) is 11.8 Å². The molecule has 0 radical (unpaired) electrons. The first-order valence-electron chi connectivity index (χ1n) is 14.4. The zero-order valence-corrected chi connectivity index (χ0v) is 23.4. The lowest BCUT2D eigenvalue weighted by molar-refractivity contribution is -0.147. The van der Waals surface area contributed by atoms with Crippen molar-refractivity contribution in [3.05, 3.63) is 100 Å². The predicted octanol–water partition coefficient (Wildman–Crippen LogP) is 5.24. The van der Waals surface area contributed by atoms with E-state index in [0.29, 0.717) is 31.5 Å². The second-order valence-electron chi connectivity index (χ2n) is 11.4. The summed E-state index contributed by atoms with van der Waals surface area (Å²) in [7, 11) is 0. The summed E-state index contributed by atoms with van der Waals surface area (Å²) in [5.41, 5.74) is 7.42. The smallest absolute Gasteiger partial charge is 0.306 e. The Hall–Kier alpha value is -4.26. The highest BCUT2D eigenvalue weighted by Crippen LogP contribution is 2.60. The number of amides is 3. The molecule has 0 unspecified atom stereocenters. The Morgan fingerprint density at radius 2 is 1.34 bits per heavy atom. The lowest BCUT2D eigenvalue weighted by Gasteiger charge is -2.45. The van der Waals surface area contributed by atoms with E-state index in [2.05, 4.69) is 29.6 Å². The second-order valence-corrected chi connectivity index (χ2v) is 11.4. The van der Waals surface area contributed by atoms with Crippen molar-refractivity contribution in [2.75, 3.05) is 18.5 Å². The van der Waals surface area contributed by atoms with Crippen LogP contribution in [0, 0.1) is 25.7 Å². The number of ether oxygens (including phenoxy) is 1. The monoisotopic (exact) mass is 550 g/mol. The van der Waals surface area contributed by atoms with E-state index in [9.17, 15) is 19.2 Å². The number of likely N-dealkylation sites (tertiary alicyclic amines) is 1. The van der Waals surface area contributed by atoms with Gasteiger partial charge in [0.1, 0.15) is 0 Å². The zero-order chi connectivity index (χ0) is 28.7. The first kappa shape index (κ1) is 26.9. The van der Waals surface area contributed by atoms with Crippen LogP contribution < -0.4 is 5.32 Å². The Balaban J connectivity index is 0.996. The molecule has 4 aliphatic rings. The molecular formula is C34H34N2O5. The highest BCUT2D eigenvalue weighted by Gasteiger charge is 2.61. The number of aryl methyl sites for hydroxylation is 2. The van der Waals surface area contributed by atoms with E-state index >= 15 is 0 Å². The third kappa shape index (κ3) is 4.83. The van der Waals surface area contributed by atoms with E-state index in [1.165, 1.54) is 27.2 Å². The van der Waals surface area contributed by atoms with E-state index in [1.807, 2.05) is 56.3 Å². The largest absolute Gasteiger partial charge is 0.456 e. The minimum absolute atomic E-state index is 0.0757. The van der Waals surface area contributed by atoms with Gasteiger partial charge in [0.25, 0.3) is 5.91 Å². The Morgan fingerprint density at radius 1 is 0.780 bits per heavy atom. The summed E-state index contributed by atoms with van der Waals surface area (Å²) in [6, 6.07) is 22.2. The van der Waals surface area contributed by atoms with Gasteiger partial charge in [-0.15, -0.1) is 0 Å². The van der Waals surface area contributed by atoms with Gasteiger partial charge in [-0.25, -0.2) is 0 Å². The van der Waals surface area contributed by atoms with Gasteiger partial charge in [-0.2, -0.15) is 0 Å². The highest BCUT2D eigenvalue weighted by atomic mass is 16.5. The second kappa shape index (κ2) is 11.0. The number of hydrogen-bond acceptors (Lipinski definition) is 5. The number of anilines is 1. The third-order valence-corrected chi connectivity index (χ3v) is 8.82. The summed E-state index contributed by atoms with van der Waals surface area (Å²) in [5.74, 6) is -1.88. The summed E-state index contributed by atoms with van der Waals surface area (Å²) >= 11 is 0. The first-order chi connectivity index (χ1) is 19.8. The Kier molecular flexibility index (Phi) is 7.20. The molecule has 7 nitrogen and oxygen atoms in total. The minimum atomic E-state index is -0.438. The molecule has 0 aromatic heterocycles. The van der Waals surface area contributed by atoms with Crippen molar-refractivity contribution in [3.63, 3.8) is 0 Å². The van der Waals surface area contributed by atoms with Gasteiger partial charge in [0.05, 0.1) is 11.8 Å². The molecule has 0 spiro atoms. The van der Waals surface area contributed by atoms with Crippen LogP contribution in [0.4, 0.5) is 5.69 Å². The van der Waals surface area contributed by atoms with Crippen LogP contribution in [-0.2, 0) is 23.9 Å². The van der Waals surface area contributed by atoms with Crippen molar-refractivity contribution in [2.24, 2.45) is 11.8 Å². The average molecular weight is 551 g/mol. The normalized spacial score (nSPS) is 21.8. The molecule has 1 aliphatic heterocycles. The molecule has 0 saturated carbocycles. The topological polar surface area (TPSA) is 92.8 Å². The van der Waals surface area contributed by atoms with E-state index in [0.717, 1.165) is 11.1 Å². The van der Waals surface area contributed by atoms with E-state index in [4.69, 9.17) is 4.74 Å². The number of esters is 1. The standard InChI is InChI=1S/C34H34N2O5/c1-20-15-16-26(21(2)18-20)35-27(37)19-41-28(38)14-4-3-9-17-36-33(39)31-29-22-10-5-6-11-23(22)30(32(31)34(36)40)25-13-8-7-12-24(25)29/h5-8,10-13,15-16,18,29-32H,3-4,9,14,17,19H2,1-2H3,(H,35,37)/t29?,30?,31-,32-/m1/s1. The third-order valence-electron chi connectivity index (χ3n) is 8.82. The van der Waals surface area contributed by atoms with Crippen LogP contribution in [0.15, 0.2) is 66.7 Å². The molecule has 3 aromatic carbocycles. The quantitative estimate of drug-likeness (QED) is 0.224. The van der Waals surface area contributed by atoms with Crippen LogP contribution in [0.2, 0.25) is 0 Å². The first-order valence-corrected chi connectivity index (χ1v) is 14.4. The summed E-state index contributed by atoms with van der Waals surface area (Å²) in [4.78, 5) is 53.1. The summed E-state index contributed by atoms with van der Waals surface area (Å²) in [5, 5.41) is 2.77. The number of nitrogens with zero attached hydrogens (tertiary/aromatic N) is 1. The van der Waals surface area contributed by atoms with Gasteiger partial charge in [-0.1, -0.05) is 72.6 Å². The fraction of sp³-hybridized carbons (Fsp3) is 0.353. The molecule has 1 heterocycles. The fourth-order valence-electron chi connectivity index (χ4n) is 7.03. The van der Waals surface area contributed by atoms with Crippen molar-refractivity contribution in [2.45, 2.75) is 51.4 Å². The van der Waals surface area contributed by atoms with Crippen LogP contribution in [0.5, 0.6) is 0 Å². The molecule has 1 saturated heterocycles.